The SMILES string of the molecule is O=C(O)C(F)c1cc(F)c(F)c(F)c1F. The van der Waals surface area contributed by atoms with Gasteiger partial charge in [-0.3, -0.25) is 0 Å². The van der Waals surface area contributed by atoms with E-state index in [1.807, 2.05) is 0 Å². The second-order valence-corrected chi connectivity index (χ2v) is 2.59. The molecule has 82 valence electrons. The van der Waals surface area contributed by atoms with Crippen LogP contribution in [0.3, 0.4) is 0 Å². The largest absolute Gasteiger partial charge is 0.479 e. The molecule has 1 aromatic rings. The second kappa shape index (κ2) is 3.84. The van der Waals surface area contributed by atoms with Crippen LogP contribution in [0.4, 0.5) is 22.0 Å². The van der Waals surface area contributed by atoms with E-state index in [1.54, 1.807) is 0 Å². The highest BCUT2D eigenvalue weighted by atomic mass is 19.2. The molecule has 1 unspecified atom stereocenters. The van der Waals surface area contributed by atoms with Crippen molar-refractivity contribution in [2.75, 3.05) is 0 Å². The number of aliphatic carboxylic acids is 1. The molecule has 7 heteroatoms. The van der Waals surface area contributed by atoms with Crippen molar-refractivity contribution < 1.29 is 31.9 Å². The Labute approximate surface area is 79.9 Å². The summed E-state index contributed by atoms with van der Waals surface area (Å²) in [6, 6.07) is -0.0352. The molecule has 0 bridgehead atoms. The molecule has 0 amide bonds. The molecule has 1 N–H and O–H groups in total. The van der Waals surface area contributed by atoms with Crippen molar-refractivity contribution in [3.8, 4) is 0 Å². The highest BCUT2D eigenvalue weighted by Gasteiger charge is 2.28. The minimum Gasteiger partial charge on any atom is -0.479 e. The summed E-state index contributed by atoms with van der Waals surface area (Å²) in [6.07, 6.45) is -2.95. The summed E-state index contributed by atoms with van der Waals surface area (Å²) < 4.78 is 62.9. The van der Waals surface area contributed by atoms with Gasteiger partial charge in [-0.1, -0.05) is 0 Å². The predicted molar refractivity (Wildman–Crippen MR) is 37.8 cm³/mol. The maximum absolute atomic E-state index is 12.8. The van der Waals surface area contributed by atoms with Gasteiger partial charge in [0.15, 0.2) is 23.3 Å². The Bertz CT molecular complexity index is 418. The molecule has 0 saturated carbocycles. The van der Waals surface area contributed by atoms with Gasteiger partial charge in [-0.05, 0) is 6.07 Å². The quantitative estimate of drug-likeness (QED) is 0.477. The second-order valence-electron chi connectivity index (χ2n) is 2.59. The topological polar surface area (TPSA) is 37.3 Å². The van der Waals surface area contributed by atoms with Gasteiger partial charge < -0.3 is 5.11 Å². The molecule has 0 radical (unpaired) electrons. The summed E-state index contributed by atoms with van der Waals surface area (Å²) in [7, 11) is 0. The average Bonchev–Trinajstić information content (AvgIpc) is 2.19. The first kappa shape index (κ1) is 11.4. The molecule has 0 spiro atoms. The third-order valence-electron chi connectivity index (χ3n) is 1.62. The Kier molecular flexibility index (Phi) is 2.92. The van der Waals surface area contributed by atoms with Gasteiger partial charge in [-0.2, -0.15) is 0 Å². The van der Waals surface area contributed by atoms with Crippen molar-refractivity contribution in [1.82, 2.24) is 0 Å². The number of benzene rings is 1. The summed E-state index contributed by atoms with van der Waals surface area (Å²) >= 11 is 0. The standard InChI is InChI=1S/C8H3F5O2/c9-3-1-2(5(11)8(14)15)4(10)7(13)6(3)12/h1,5H,(H,14,15). The molecular weight excluding hydrogens is 223 g/mol. The van der Waals surface area contributed by atoms with Crippen molar-refractivity contribution >= 4 is 5.97 Å². The fourth-order valence-corrected chi connectivity index (χ4v) is 0.909. The lowest BCUT2D eigenvalue weighted by Gasteiger charge is -2.06. The average molecular weight is 226 g/mol. The molecule has 0 aliphatic rings. The Balaban J connectivity index is 3.38. The summed E-state index contributed by atoms with van der Waals surface area (Å²) in [5, 5.41) is 8.13. The zero-order valence-electron chi connectivity index (χ0n) is 6.90. The summed E-state index contributed by atoms with van der Waals surface area (Å²) in [5.74, 6) is -10.4. The molecular formula is C8H3F5O2. The summed E-state index contributed by atoms with van der Waals surface area (Å²) in [4.78, 5) is 10.1. The summed E-state index contributed by atoms with van der Waals surface area (Å²) in [6.45, 7) is 0. The van der Waals surface area contributed by atoms with Gasteiger partial charge in [-0.25, -0.2) is 26.7 Å². The van der Waals surface area contributed by atoms with Gasteiger partial charge >= 0.3 is 5.97 Å². The Morgan fingerprint density at radius 1 is 1.13 bits per heavy atom. The van der Waals surface area contributed by atoms with Crippen molar-refractivity contribution in [2.24, 2.45) is 0 Å². The Morgan fingerprint density at radius 2 is 1.67 bits per heavy atom. The maximum Gasteiger partial charge on any atom is 0.343 e. The first-order valence-corrected chi connectivity index (χ1v) is 3.56. The molecule has 0 heterocycles. The van der Waals surface area contributed by atoms with Crippen LogP contribution in [0.15, 0.2) is 6.07 Å². The van der Waals surface area contributed by atoms with Crippen LogP contribution in [0.2, 0.25) is 0 Å². The normalized spacial score (nSPS) is 12.6. The first-order valence-electron chi connectivity index (χ1n) is 3.56. The fourth-order valence-electron chi connectivity index (χ4n) is 0.909. The highest BCUT2D eigenvalue weighted by Crippen LogP contribution is 2.26. The molecule has 0 saturated heterocycles. The third kappa shape index (κ3) is 1.90. The number of halogens is 5. The van der Waals surface area contributed by atoms with Gasteiger partial charge in [0.25, 0.3) is 0 Å². The molecule has 0 aliphatic carbocycles. The Hall–Kier alpha value is -1.66. The molecule has 2 nitrogen and oxygen atoms in total. The van der Waals surface area contributed by atoms with E-state index < -0.39 is 41.0 Å². The monoisotopic (exact) mass is 226 g/mol. The van der Waals surface area contributed by atoms with Crippen LogP contribution < -0.4 is 0 Å². The number of hydrogen-bond acceptors (Lipinski definition) is 1. The van der Waals surface area contributed by atoms with Crippen LogP contribution in [-0.2, 0) is 4.79 Å². The number of carboxylic acid groups (broad SMARTS) is 1. The van der Waals surface area contributed by atoms with Gasteiger partial charge in [0.05, 0.1) is 0 Å². The molecule has 1 aromatic carbocycles. The van der Waals surface area contributed by atoms with Gasteiger partial charge in [0, 0.05) is 5.56 Å². The molecule has 1 rings (SSSR count). The fraction of sp³-hybridized carbons (Fsp3) is 0.125. The smallest absolute Gasteiger partial charge is 0.343 e. The molecule has 15 heavy (non-hydrogen) atoms. The zero-order chi connectivity index (χ0) is 11.7. The summed E-state index contributed by atoms with van der Waals surface area (Å²) in [5.41, 5.74) is -1.39. The van der Waals surface area contributed by atoms with Crippen LogP contribution in [0, 0.1) is 23.3 Å². The highest BCUT2D eigenvalue weighted by molar-refractivity contribution is 5.74. The lowest BCUT2D eigenvalue weighted by molar-refractivity contribution is -0.143. The van der Waals surface area contributed by atoms with Gasteiger partial charge in [0.2, 0.25) is 6.17 Å². The number of rotatable bonds is 2. The van der Waals surface area contributed by atoms with E-state index in [-0.39, 0.29) is 6.07 Å². The maximum atomic E-state index is 12.8. The first-order chi connectivity index (χ1) is 6.86. The van der Waals surface area contributed by atoms with E-state index in [9.17, 15) is 26.7 Å². The van der Waals surface area contributed by atoms with Gasteiger partial charge in [0.1, 0.15) is 0 Å². The van der Waals surface area contributed by atoms with E-state index in [2.05, 4.69) is 0 Å². The molecule has 1 atom stereocenters. The van der Waals surface area contributed by atoms with E-state index in [0.29, 0.717) is 0 Å². The molecule has 0 fully saturated rings. The van der Waals surface area contributed by atoms with Crippen LogP contribution in [0.25, 0.3) is 0 Å². The van der Waals surface area contributed by atoms with Crippen LogP contribution in [-0.4, -0.2) is 11.1 Å². The van der Waals surface area contributed by atoms with Crippen LogP contribution >= 0.6 is 0 Å². The van der Waals surface area contributed by atoms with Gasteiger partial charge in [-0.15, -0.1) is 0 Å². The van der Waals surface area contributed by atoms with Crippen molar-refractivity contribution in [2.45, 2.75) is 6.17 Å². The number of carbonyl (C=O) groups is 1. The lowest BCUT2D eigenvalue weighted by Crippen LogP contribution is -2.11. The third-order valence-corrected chi connectivity index (χ3v) is 1.62. The van der Waals surface area contributed by atoms with Crippen molar-refractivity contribution in [3.63, 3.8) is 0 Å². The van der Waals surface area contributed by atoms with Crippen LogP contribution in [0.1, 0.15) is 11.7 Å². The number of alkyl halides is 1. The van der Waals surface area contributed by atoms with Crippen molar-refractivity contribution in [3.05, 3.63) is 34.9 Å². The van der Waals surface area contributed by atoms with E-state index in [4.69, 9.17) is 5.11 Å². The minimum absolute atomic E-state index is 0.0352. The Morgan fingerprint density at radius 3 is 2.13 bits per heavy atom. The van der Waals surface area contributed by atoms with E-state index in [0.717, 1.165) is 0 Å². The van der Waals surface area contributed by atoms with Crippen molar-refractivity contribution in [1.29, 1.82) is 0 Å². The van der Waals surface area contributed by atoms with E-state index in [1.165, 1.54) is 0 Å². The number of hydrogen-bond donors (Lipinski definition) is 1. The predicted octanol–water partition coefficient (Wildman–Crippen LogP) is 2.34. The molecule has 0 aliphatic heterocycles. The minimum atomic E-state index is -2.95. The van der Waals surface area contributed by atoms with Crippen LogP contribution in [0.5, 0.6) is 0 Å². The molecule has 0 aromatic heterocycles. The van der Waals surface area contributed by atoms with E-state index >= 15 is 0 Å². The lowest BCUT2D eigenvalue weighted by atomic mass is 10.1. The number of carboxylic acids is 1. The zero-order valence-corrected chi connectivity index (χ0v) is 6.90.